The van der Waals surface area contributed by atoms with Crippen LogP contribution in [-0.4, -0.2) is 42.7 Å². The lowest BCUT2D eigenvalue weighted by Crippen LogP contribution is -2.42. The minimum atomic E-state index is -2.60. The Morgan fingerprint density at radius 3 is 2.33 bits per heavy atom. The molecule has 0 aromatic heterocycles. The summed E-state index contributed by atoms with van der Waals surface area (Å²) in [5.74, 6) is -0.382. The summed E-state index contributed by atoms with van der Waals surface area (Å²) in [6.45, 7) is 4.05. The van der Waals surface area contributed by atoms with Gasteiger partial charge in [-0.1, -0.05) is 49.1 Å². The van der Waals surface area contributed by atoms with Crippen molar-refractivity contribution in [1.82, 2.24) is 0 Å². The van der Waals surface area contributed by atoms with E-state index in [-0.39, 0.29) is 12.6 Å². The van der Waals surface area contributed by atoms with Gasteiger partial charge in [0.15, 0.2) is 0 Å². The van der Waals surface area contributed by atoms with Crippen LogP contribution in [-0.2, 0) is 22.8 Å². The summed E-state index contributed by atoms with van der Waals surface area (Å²) in [6.07, 6.45) is 4.92. The smallest absolute Gasteiger partial charge is 0.462 e. The third kappa shape index (κ3) is 6.80. The van der Waals surface area contributed by atoms with E-state index in [1.165, 1.54) is 0 Å². The monoisotopic (exact) mass is 350 g/mol. The van der Waals surface area contributed by atoms with Crippen LogP contribution in [0.15, 0.2) is 48.6 Å². The molecule has 0 N–H and O–H groups in total. The first-order valence-electron chi connectivity index (χ1n) is 7.79. The molecule has 0 spiro atoms. The van der Waals surface area contributed by atoms with Crippen LogP contribution in [0.5, 0.6) is 0 Å². The lowest BCUT2D eigenvalue weighted by Gasteiger charge is -2.24. The third-order valence-corrected chi connectivity index (χ3v) is 6.39. The molecule has 0 unspecified atom stereocenters. The second kappa shape index (κ2) is 10.9. The fourth-order valence-electron chi connectivity index (χ4n) is 2.10. The standard InChI is InChI=1S/C18H26O5Si/c1-16(10-8-13-17-11-6-5-7-12-17)18(19)23-14-9-15-24(20-2,21-3)22-4/h5-8,11-13H,1,9-10,14-15H2,2-4H3. The molecule has 0 aliphatic heterocycles. The first-order valence-corrected chi connectivity index (χ1v) is 9.72. The Hall–Kier alpha value is -1.73. The second-order valence-corrected chi connectivity index (χ2v) is 8.25. The summed E-state index contributed by atoms with van der Waals surface area (Å²) < 4.78 is 21.2. The van der Waals surface area contributed by atoms with Crippen LogP contribution in [0, 0.1) is 0 Å². The molecule has 0 atom stereocenters. The van der Waals surface area contributed by atoms with Gasteiger partial charge in [0.1, 0.15) is 0 Å². The van der Waals surface area contributed by atoms with E-state index in [4.69, 9.17) is 18.0 Å². The van der Waals surface area contributed by atoms with Gasteiger partial charge in [-0.15, -0.1) is 0 Å². The Bertz CT molecular complexity index is 529. The molecule has 0 bridgehead atoms. The van der Waals surface area contributed by atoms with Gasteiger partial charge in [-0.25, -0.2) is 4.79 Å². The number of hydrogen-bond donors (Lipinski definition) is 0. The average Bonchev–Trinajstić information content (AvgIpc) is 2.63. The van der Waals surface area contributed by atoms with Gasteiger partial charge in [-0.05, 0) is 18.4 Å². The quantitative estimate of drug-likeness (QED) is 0.265. The van der Waals surface area contributed by atoms with Gasteiger partial charge in [-0.3, -0.25) is 0 Å². The fourth-order valence-corrected chi connectivity index (χ4v) is 3.79. The Kier molecular flexibility index (Phi) is 9.25. The van der Waals surface area contributed by atoms with Crippen molar-refractivity contribution in [2.24, 2.45) is 0 Å². The molecule has 0 radical (unpaired) electrons. The predicted molar refractivity (Wildman–Crippen MR) is 96.4 cm³/mol. The zero-order valence-corrected chi connectivity index (χ0v) is 15.6. The Labute approximate surface area is 145 Å². The fraction of sp³-hybridized carbons (Fsp3) is 0.389. The highest BCUT2D eigenvalue weighted by Crippen LogP contribution is 2.15. The molecule has 0 fully saturated rings. The lowest BCUT2D eigenvalue weighted by atomic mass is 10.1. The van der Waals surface area contributed by atoms with Gasteiger partial charge in [0.25, 0.3) is 0 Å². The normalized spacial score (nSPS) is 11.6. The minimum Gasteiger partial charge on any atom is -0.462 e. The maximum atomic E-state index is 11.9. The molecule has 0 amide bonds. The zero-order chi connectivity index (χ0) is 17.8. The Morgan fingerprint density at radius 2 is 1.75 bits per heavy atom. The summed E-state index contributed by atoms with van der Waals surface area (Å²) in [6, 6.07) is 10.5. The second-order valence-electron chi connectivity index (χ2n) is 5.16. The van der Waals surface area contributed by atoms with Crippen molar-refractivity contribution >= 4 is 20.8 Å². The van der Waals surface area contributed by atoms with Crippen LogP contribution >= 0.6 is 0 Å². The predicted octanol–water partition coefficient (Wildman–Crippen LogP) is 3.46. The summed E-state index contributed by atoms with van der Waals surface area (Å²) in [7, 11) is 2.09. The van der Waals surface area contributed by atoms with Crippen LogP contribution < -0.4 is 0 Å². The van der Waals surface area contributed by atoms with Gasteiger partial charge < -0.3 is 18.0 Å². The maximum absolute atomic E-state index is 11.9. The number of benzene rings is 1. The van der Waals surface area contributed by atoms with Crippen LogP contribution in [0.25, 0.3) is 6.08 Å². The zero-order valence-electron chi connectivity index (χ0n) is 14.6. The van der Waals surface area contributed by atoms with E-state index in [9.17, 15) is 4.79 Å². The van der Waals surface area contributed by atoms with Gasteiger partial charge in [-0.2, -0.15) is 0 Å². The van der Waals surface area contributed by atoms with Crippen LogP contribution in [0.3, 0.4) is 0 Å². The van der Waals surface area contributed by atoms with E-state index >= 15 is 0 Å². The summed E-state index contributed by atoms with van der Waals surface area (Å²) >= 11 is 0. The molecule has 5 nitrogen and oxygen atoms in total. The topological polar surface area (TPSA) is 54.0 Å². The molecular weight excluding hydrogens is 324 g/mol. The molecule has 0 saturated heterocycles. The maximum Gasteiger partial charge on any atom is 0.500 e. The number of ether oxygens (including phenoxy) is 1. The number of allylic oxidation sites excluding steroid dienone is 1. The number of carbonyl (C=O) groups is 1. The highest BCUT2D eigenvalue weighted by molar-refractivity contribution is 6.60. The summed E-state index contributed by atoms with van der Waals surface area (Å²) in [5, 5.41) is 0. The van der Waals surface area contributed by atoms with E-state index < -0.39 is 8.80 Å². The van der Waals surface area contributed by atoms with Gasteiger partial charge in [0.2, 0.25) is 0 Å². The number of rotatable bonds is 11. The molecule has 0 aliphatic rings. The largest absolute Gasteiger partial charge is 0.500 e. The number of carbonyl (C=O) groups excluding carboxylic acids is 1. The van der Waals surface area contributed by atoms with E-state index in [0.29, 0.717) is 24.5 Å². The van der Waals surface area contributed by atoms with Crippen LogP contribution in [0.4, 0.5) is 0 Å². The van der Waals surface area contributed by atoms with E-state index in [2.05, 4.69) is 6.58 Å². The number of hydrogen-bond acceptors (Lipinski definition) is 5. The molecule has 1 rings (SSSR count). The highest BCUT2D eigenvalue weighted by atomic mass is 28.4. The molecule has 0 saturated carbocycles. The van der Waals surface area contributed by atoms with Crippen molar-refractivity contribution in [3.8, 4) is 0 Å². The van der Waals surface area contributed by atoms with Crippen molar-refractivity contribution in [2.45, 2.75) is 18.9 Å². The minimum absolute atomic E-state index is 0.283. The lowest BCUT2D eigenvalue weighted by molar-refractivity contribution is -0.139. The molecule has 6 heteroatoms. The molecule has 0 aliphatic carbocycles. The Morgan fingerprint density at radius 1 is 1.12 bits per heavy atom. The van der Waals surface area contributed by atoms with Crippen molar-refractivity contribution in [3.63, 3.8) is 0 Å². The molecule has 132 valence electrons. The first kappa shape index (κ1) is 20.3. The molecule has 1 aromatic rings. The van der Waals surface area contributed by atoms with Crippen LogP contribution in [0.2, 0.25) is 6.04 Å². The first-order chi connectivity index (χ1) is 11.6. The van der Waals surface area contributed by atoms with Gasteiger partial charge >= 0.3 is 14.8 Å². The van der Waals surface area contributed by atoms with Crippen LogP contribution in [0.1, 0.15) is 18.4 Å². The van der Waals surface area contributed by atoms with Gasteiger partial charge in [0.05, 0.1) is 6.61 Å². The van der Waals surface area contributed by atoms with Crippen molar-refractivity contribution in [2.75, 3.05) is 27.9 Å². The van der Waals surface area contributed by atoms with Crippen molar-refractivity contribution < 1.29 is 22.8 Å². The third-order valence-electron chi connectivity index (χ3n) is 3.56. The molecular formula is C18H26O5Si. The van der Waals surface area contributed by atoms with E-state index in [1.54, 1.807) is 21.3 Å². The van der Waals surface area contributed by atoms with Gasteiger partial charge in [0, 0.05) is 32.9 Å². The highest BCUT2D eigenvalue weighted by Gasteiger charge is 2.37. The number of esters is 1. The summed E-state index contributed by atoms with van der Waals surface area (Å²) in [5.41, 5.74) is 1.51. The molecule has 24 heavy (non-hydrogen) atoms. The SMILES string of the molecule is C=C(CC=Cc1ccccc1)C(=O)OCCC[Si](OC)(OC)OC. The van der Waals surface area contributed by atoms with E-state index in [0.717, 1.165) is 5.56 Å². The summed E-state index contributed by atoms with van der Waals surface area (Å²) in [4.78, 5) is 11.9. The Balaban J connectivity index is 2.29. The molecule has 0 heterocycles. The van der Waals surface area contributed by atoms with E-state index in [1.807, 2.05) is 42.5 Å². The molecule has 1 aromatic carbocycles. The van der Waals surface area contributed by atoms with Crippen molar-refractivity contribution in [1.29, 1.82) is 0 Å². The van der Waals surface area contributed by atoms with Crippen molar-refractivity contribution in [3.05, 3.63) is 54.1 Å². The average molecular weight is 350 g/mol.